The fourth-order valence-electron chi connectivity index (χ4n) is 0.443. The van der Waals surface area contributed by atoms with Crippen molar-refractivity contribution in [1.29, 1.82) is 0 Å². The van der Waals surface area contributed by atoms with E-state index in [2.05, 4.69) is 5.32 Å². The van der Waals surface area contributed by atoms with Crippen LogP contribution in [-0.2, 0) is 4.79 Å². The van der Waals surface area contributed by atoms with Gasteiger partial charge in [-0.3, -0.25) is 4.79 Å². The average Bonchev–Trinajstić information content (AvgIpc) is 2.04. The van der Waals surface area contributed by atoms with Crippen LogP contribution in [0.2, 0.25) is 0 Å². The SMILES string of the molecule is CC.CCC(=O)CNC(C)C. The van der Waals surface area contributed by atoms with E-state index in [1.165, 1.54) is 0 Å². The van der Waals surface area contributed by atoms with Crippen molar-refractivity contribution < 1.29 is 4.79 Å². The first-order valence-corrected chi connectivity index (χ1v) is 4.42. The zero-order valence-corrected chi connectivity index (χ0v) is 8.40. The summed E-state index contributed by atoms with van der Waals surface area (Å²) in [6.45, 7) is 10.5. The highest BCUT2D eigenvalue weighted by Crippen LogP contribution is 1.80. The van der Waals surface area contributed by atoms with Crippen molar-refractivity contribution in [3.8, 4) is 0 Å². The second kappa shape index (κ2) is 9.63. The second-order valence-corrected chi connectivity index (χ2v) is 2.43. The van der Waals surface area contributed by atoms with E-state index in [-0.39, 0.29) is 5.78 Å². The van der Waals surface area contributed by atoms with Crippen LogP contribution in [0.3, 0.4) is 0 Å². The number of rotatable bonds is 4. The molecule has 0 aromatic carbocycles. The molecular formula is C9H21NO. The summed E-state index contributed by atoms with van der Waals surface area (Å²) >= 11 is 0. The van der Waals surface area contributed by atoms with Gasteiger partial charge in [-0.25, -0.2) is 0 Å². The predicted molar refractivity (Wildman–Crippen MR) is 49.8 cm³/mol. The molecule has 0 unspecified atom stereocenters. The van der Waals surface area contributed by atoms with E-state index in [0.29, 0.717) is 19.0 Å². The Bertz CT molecular complexity index is 89.6. The van der Waals surface area contributed by atoms with Crippen molar-refractivity contribution in [1.82, 2.24) is 5.32 Å². The van der Waals surface area contributed by atoms with E-state index in [1.54, 1.807) is 0 Å². The quantitative estimate of drug-likeness (QED) is 0.679. The Labute approximate surface area is 70.4 Å². The molecule has 0 amide bonds. The van der Waals surface area contributed by atoms with Crippen molar-refractivity contribution >= 4 is 5.78 Å². The van der Waals surface area contributed by atoms with Crippen molar-refractivity contribution in [2.24, 2.45) is 0 Å². The molecule has 0 rings (SSSR count). The second-order valence-electron chi connectivity index (χ2n) is 2.43. The Morgan fingerprint density at radius 3 is 2.09 bits per heavy atom. The summed E-state index contributed by atoms with van der Waals surface area (Å²) < 4.78 is 0. The number of Topliss-reactive ketones (excluding diaryl/α,β-unsaturated/α-hetero) is 1. The lowest BCUT2D eigenvalue weighted by Gasteiger charge is -2.04. The fourth-order valence-corrected chi connectivity index (χ4v) is 0.443. The molecule has 0 aromatic heterocycles. The van der Waals surface area contributed by atoms with Gasteiger partial charge in [0.15, 0.2) is 0 Å². The molecule has 0 aliphatic carbocycles. The third-order valence-electron chi connectivity index (χ3n) is 1.10. The summed E-state index contributed by atoms with van der Waals surface area (Å²) in [7, 11) is 0. The Morgan fingerprint density at radius 1 is 1.36 bits per heavy atom. The molecule has 0 heterocycles. The van der Waals surface area contributed by atoms with Gasteiger partial charge in [0.1, 0.15) is 5.78 Å². The molecule has 0 atom stereocenters. The molecular weight excluding hydrogens is 138 g/mol. The normalized spacial score (nSPS) is 8.91. The summed E-state index contributed by atoms with van der Waals surface area (Å²) in [5.41, 5.74) is 0. The highest BCUT2D eigenvalue weighted by Gasteiger charge is 1.97. The standard InChI is InChI=1S/C7H15NO.C2H6/c1-4-7(9)5-8-6(2)3;1-2/h6,8H,4-5H2,1-3H3;1-2H3. The van der Waals surface area contributed by atoms with Gasteiger partial charge in [-0.1, -0.05) is 34.6 Å². The van der Waals surface area contributed by atoms with E-state index < -0.39 is 0 Å². The van der Waals surface area contributed by atoms with Crippen LogP contribution >= 0.6 is 0 Å². The minimum Gasteiger partial charge on any atom is -0.308 e. The van der Waals surface area contributed by atoms with Gasteiger partial charge < -0.3 is 5.32 Å². The lowest BCUT2D eigenvalue weighted by atomic mass is 10.3. The van der Waals surface area contributed by atoms with Gasteiger partial charge in [-0.15, -0.1) is 0 Å². The van der Waals surface area contributed by atoms with Crippen molar-refractivity contribution in [2.45, 2.75) is 47.1 Å². The van der Waals surface area contributed by atoms with E-state index >= 15 is 0 Å². The predicted octanol–water partition coefficient (Wildman–Crippen LogP) is 1.99. The highest BCUT2D eigenvalue weighted by molar-refractivity contribution is 5.80. The molecule has 2 nitrogen and oxygen atoms in total. The van der Waals surface area contributed by atoms with Crippen molar-refractivity contribution in [3.63, 3.8) is 0 Å². The van der Waals surface area contributed by atoms with Gasteiger partial charge in [0.25, 0.3) is 0 Å². The molecule has 0 aliphatic rings. The van der Waals surface area contributed by atoms with Crippen LogP contribution < -0.4 is 5.32 Å². The lowest BCUT2D eigenvalue weighted by molar-refractivity contribution is -0.118. The molecule has 0 aliphatic heterocycles. The molecule has 11 heavy (non-hydrogen) atoms. The number of hydrogen-bond donors (Lipinski definition) is 1. The first kappa shape index (κ1) is 13.2. The minimum absolute atomic E-state index is 0.281. The number of ketones is 1. The van der Waals surface area contributed by atoms with Crippen LogP contribution in [0.1, 0.15) is 41.0 Å². The van der Waals surface area contributed by atoms with Gasteiger partial charge in [0.05, 0.1) is 6.54 Å². The van der Waals surface area contributed by atoms with Gasteiger partial charge in [0, 0.05) is 12.5 Å². The molecule has 68 valence electrons. The maximum Gasteiger partial charge on any atom is 0.146 e. The van der Waals surface area contributed by atoms with Crippen LogP contribution in [0.4, 0.5) is 0 Å². The summed E-state index contributed by atoms with van der Waals surface area (Å²) in [4.78, 5) is 10.7. The van der Waals surface area contributed by atoms with Crippen LogP contribution in [0, 0.1) is 0 Å². The number of carbonyl (C=O) groups is 1. The molecule has 0 saturated carbocycles. The minimum atomic E-state index is 0.281. The van der Waals surface area contributed by atoms with Gasteiger partial charge in [0.2, 0.25) is 0 Å². The fraction of sp³-hybridized carbons (Fsp3) is 0.889. The smallest absolute Gasteiger partial charge is 0.146 e. The van der Waals surface area contributed by atoms with E-state index in [0.717, 1.165) is 0 Å². The molecule has 2 heteroatoms. The van der Waals surface area contributed by atoms with Gasteiger partial charge in [-0.2, -0.15) is 0 Å². The lowest BCUT2D eigenvalue weighted by Crippen LogP contribution is -2.28. The number of nitrogens with one attached hydrogen (secondary N) is 1. The monoisotopic (exact) mass is 159 g/mol. The van der Waals surface area contributed by atoms with Crippen LogP contribution in [-0.4, -0.2) is 18.4 Å². The van der Waals surface area contributed by atoms with Crippen LogP contribution in [0.5, 0.6) is 0 Å². The van der Waals surface area contributed by atoms with E-state index in [4.69, 9.17) is 0 Å². The molecule has 0 fully saturated rings. The molecule has 0 saturated heterocycles. The third kappa shape index (κ3) is 12.8. The average molecular weight is 159 g/mol. The summed E-state index contributed by atoms with van der Waals surface area (Å²) in [5, 5.41) is 3.05. The number of carbonyl (C=O) groups excluding carboxylic acids is 1. The summed E-state index contributed by atoms with van der Waals surface area (Å²) in [6, 6.07) is 0.417. The first-order valence-electron chi connectivity index (χ1n) is 4.42. The third-order valence-corrected chi connectivity index (χ3v) is 1.10. The van der Waals surface area contributed by atoms with Crippen molar-refractivity contribution in [3.05, 3.63) is 0 Å². The molecule has 0 bridgehead atoms. The zero-order valence-electron chi connectivity index (χ0n) is 8.40. The van der Waals surface area contributed by atoms with E-state index in [1.807, 2.05) is 34.6 Å². The van der Waals surface area contributed by atoms with E-state index in [9.17, 15) is 4.79 Å². The van der Waals surface area contributed by atoms with Crippen molar-refractivity contribution in [2.75, 3.05) is 6.54 Å². The van der Waals surface area contributed by atoms with Crippen LogP contribution in [0.15, 0.2) is 0 Å². The molecule has 0 aromatic rings. The Morgan fingerprint density at radius 2 is 1.82 bits per heavy atom. The zero-order chi connectivity index (χ0) is 9.28. The number of hydrogen-bond acceptors (Lipinski definition) is 2. The first-order chi connectivity index (χ1) is 5.16. The Balaban J connectivity index is 0. The maximum atomic E-state index is 10.7. The molecule has 0 spiro atoms. The Kier molecular flexibility index (Phi) is 11.6. The highest BCUT2D eigenvalue weighted by atomic mass is 16.1. The van der Waals surface area contributed by atoms with Gasteiger partial charge >= 0.3 is 0 Å². The maximum absolute atomic E-state index is 10.7. The largest absolute Gasteiger partial charge is 0.308 e. The van der Waals surface area contributed by atoms with Crippen LogP contribution in [0.25, 0.3) is 0 Å². The summed E-state index contributed by atoms with van der Waals surface area (Å²) in [6.07, 6.45) is 0.639. The Hall–Kier alpha value is -0.370. The topological polar surface area (TPSA) is 29.1 Å². The summed E-state index contributed by atoms with van der Waals surface area (Å²) in [5.74, 6) is 0.281. The molecule has 1 N–H and O–H groups in total. The molecule has 0 radical (unpaired) electrons. The van der Waals surface area contributed by atoms with Gasteiger partial charge in [-0.05, 0) is 0 Å².